The number of benzene rings is 1. The van der Waals surface area contributed by atoms with Gasteiger partial charge in [-0.05, 0) is 18.2 Å². The fraction of sp³-hybridized carbons (Fsp3) is 0.214. The molecule has 1 N–H and O–H groups in total. The van der Waals surface area contributed by atoms with E-state index in [2.05, 4.69) is 5.32 Å². The monoisotopic (exact) mass is 278 g/mol. The maximum absolute atomic E-state index is 11.3. The molecule has 1 heterocycles. The first-order chi connectivity index (χ1) is 9.11. The topological polar surface area (TPSA) is 43.3 Å². The molecule has 0 amide bonds. The molecule has 2 aromatic rings. The highest BCUT2D eigenvalue weighted by molar-refractivity contribution is 6.31. The molecule has 0 radical (unpaired) electrons. The minimum Gasteiger partial charge on any atom is -0.496 e. The van der Waals surface area contributed by atoms with Gasteiger partial charge in [0.2, 0.25) is 5.56 Å². The standard InChI is InChI=1S/C14H15ClN2O2/c1-17-9-10(6-7-14(17)18)16-8-11-12(15)4-3-5-13(11)19-2/h3-7,9,16H,8H2,1-2H3. The third kappa shape index (κ3) is 3.09. The fourth-order valence-corrected chi connectivity index (χ4v) is 2.02. The molecule has 0 saturated heterocycles. The van der Waals surface area contributed by atoms with E-state index >= 15 is 0 Å². The highest BCUT2D eigenvalue weighted by Crippen LogP contribution is 2.26. The third-order valence-electron chi connectivity index (χ3n) is 2.85. The molecule has 0 aliphatic carbocycles. The van der Waals surface area contributed by atoms with Crippen LogP contribution in [0.1, 0.15) is 5.56 Å². The highest BCUT2D eigenvalue weighted by Gasteiger charge is 2.07. The summed E-state index contributed by atoms with van der Waals surface area (Å²) in [6.07, 6.45) is 1.74. The van der Waals surface area contributed by atoms with E-state index in [4.69, 9.17) is 16.3 Å². The Labute approximate surface area is 116 Å². The third-order valence-corrected chi connectivity index (χ3v) is 3.21. The van der Waals surface area contributed by atoms with Crippen LogP contribution in [0.5, 0.6) is 5.75 Å². The molecule has 0 atom stereocenters. The Morgan fingerprint density at radius 1 is 1.32 bits per heavy atom. The molecule has 4 nitrogen and oxygen atoms in total. The average molecular weight is 279 g/mol. The van der Waals surface area contributed by atoms with Gasteiger partial charge in [-0.15, -0.1) is 0 Å². The molecule has 1 aromatic heterocycles. The van der Waals surface area contributed by atoms with Crippen LogP contribution in [0.4, 0.5) is 5.69 Å². The molecule has 19 heavy (non-hydrogen) atoms. The van der Waals surface area contributed by atoms with Crippen LogP contribution < -0.4 is 15.6 Å². The fourth-order valence-electron chi connectivity index (χ4n) is 1.79. The molecule has 0 fully saturated rings. The predicted octanol–water partition coefficient (Wildman–Crippen LogP) is 2.66. The molecule has 0 aliphatic heterocycles. The summed E-state index contributed by atoms with van der Waals surface area (Å²) in [4.78, 5) is 11.3. The zero-order valence-corrected chi connectivity index (χ0v) is 11.6. The van der Waals surface area contributed by atoms with Gasteiger partial charge in [0.25, 0.3) is 0 Å². The average Bonchev–Trinajstić information content (AvgIpc) is 2.41. The maximum Gasteiger partial charge on any atom is 0.250 e. The van der Waals surface area contributed by atoms with Gasteiger partial charge in [-0.1, -0.05) is 17.7 Å². The van der Waals surface area contributed by atoms with Crippen molar-refractivity contribution in [3.8, 4) is 5.75 Å². The molecule has 5 heteroatoms. The number of hydrogen-bond donors (Lipinski definition) is 1. The van der Waals surface area contributed by atoms with E-state index in [0.29, 0.717) is 11.6 Å². The van der Waals surface area contributed by atoms with Crippen LogP contribution in [0.2, 0.25) is 5.02 Å². The molecular formula is C14H15ClN2O2. The van der Waals surface area contributed by atoms with Gasteiger partial charge in [0, 0.05) is 36.4 Å². The summed E-state index contributed by atoms with van der Waals surface area (Å²) >= 11 is 6.16. The van der Waals surface area contributed by atoms with Crippen molar-refractivity contribution in [1.82, 2.24) is 4.57 Å². The maximum atomic E-state index is 11.3. The number of ether oxygens (including phenoxy) is 1. The number of anilines is 1. The lowest BCUT2D eigenvalue weighted by Crippen LogP contribution is -2.15. The Bertz CT molecular complexity index is 638. The first-order valence-electron chi connectivity index (χ1n) is 5.83. The number of aryl methyl sites for hydroxylation is 1. The van der Waals surface area contributed by atoms with Crippen molar-refractivity contribution in [2.75, 3.05) is 12.4 Å². The zero-order valence-electron chi connectivity index (χ0n) is 10.8. The lowest BCUT2D eigenvalue weighted by atomic mass is 10.2. The summed E-state index contributed by atoms with van der Waals surface area (Å²) in [6, 6.07) is 8.79. The number of halogens is 1. The normalized spacial score (nSPS) is 10.3. The van der Waals surface area contributed by atoms with Crippen molar-refractivity contribution in [3.63, 3.8) is 0 Å². The predicted molar refractivity (Wildman–Crippen MR) is 77.0 cm³/mol. The van der Waals surface area contributed by atoms with Crippen molar-refractivity contribution in [2.24, 2.45) is 7.05 Å². The second kappa shape index (κ2) is 5.80. The Morgan fingerprint density at radius 3 is 2.79 bits per heavy atom. The summed E-state index contributed by atoms with van der Waals surface area (Å²) in [6.45, 7) is 0.529. The number of nitrogens with one attached hydrogen (secondary N) is 1. The Balaban J connectivity index is 2.18. The summed E-state index contributed by atoms with van der Waals surface area (Å²) in [5.74, 6) is 0.741. The smallest absolute Gasteiger partial charge is 0.250 e. The Kier molecular flexibility index (Phi) is 4.12. The van der Waals surface area contributed by atoms with Gasteiger partial charge in [-0.2, -0.15) is 0 Å². The molecule has 0 bridgehead atoms. The summed E-state index contributed by atoms with van der Waals surface area (Å²) in [5, 5.41) is 3.87. The summed E-state index contributed by atoms with van der Waals surface area (Å²) in [5.41, 5.74) is 1.70. The lowest BCUT2D eigenvalue weighted by Gasteiger charge is -2.12. The number of rotatable bonds is 4. The molecule has 1 aromatic carbocycles. The SMILES string of the molecule is COc1cccc(Cl)c1CNc1ccc(=O)n(C)c1. The van der Waals surface area contributed by atoms with E-state index in [0.717, 1.165) is 17.0 Å². The molecule has 0 saturated carbocycles. The second-order valence-corrected chi connectivity index (χ2v) is 4.55. The van der Waals surface area contributed by atoms with Gasteiger partial charge >= 0.3 is 0 Å². The van der Waals surface area contributed by atoms with Gasteiger partial charge < -0.3 is 14.6 Å². The largest absolute Gasteiger partial charge is 0.496 e. The van der Waals surface area contributed by atoms with Crippen molar-refractivity contribution in [1.29, 1.82) is 0 Å². The van der Waals surface area contributed by atoms with Crippen LogP contribution in [-0.4, -0.2) is 11.7 Å². The molecule has 2 rings (SSSR count). The first-order valence-corrected chi connectivity index (χ1v) is 6.21. The van der Waals surface area contributed by atoms with Crippen LogP contribution in [0.15, 0.2) is 41.3 Å². The van der Waals surface area contributed by atoms with Crippen molar-refractivity contribution in [2.45, 2.75) is 6.54 Å². The van der Waals surface area contributed by atoms with Crippen molar-refractivity contribution in [3.05, 3.63) is 57.5 Å². The highest BCUT2D eigenvalue weighted by atomic mass is 35.5. The van der Waals surface area contributed by atoms with Gasteiger partial charge in [-0.25, -0.2) is 0 Å². The summed E-state index contributed by atoms with van der Waals surface area (Å²) in [7, 11) is 3.32. The van der Waals surface area contributed by atoms with E-state index in [-0.39, 0.29) is 5.56 Å². The summed E-state index contributed by atoms with van der Waals surface area (Å²) < 4.78 is 6.80. The quantitative estimate of drug-likeness (QED) is 0.935. The van der Waals surface area contributed by atoms with E-state index in [1.54, 1.807) is 26.4 Å². The minimum atomic E-state index is -0.0409. The molecule has 0 unspecified atom stereocenters. The van der Waals surface area contributed by atoms with Gasteiger partial charge in [0.1, 0.15) is 5.75 Å². The number of hydrogen-bond acceptors (Lipinski definition) is 3. The van der Waals surface area contributed by atoms with Gasteiger partial charge in [0.05, 0.1) is 12.8 Å². The van der Waals surface area contributed by atoms with Crippen molar-refractivity contribution >= 4 is 17.3 Å². The van der Waals surface area contributed by atoms with Gasteiger partial charge in [-0.3, -0.25) is 4.79 Å². The van der Waals surface area contributed by atoms with Crippen LogP contribution in [0, 0.1) is 0 Å². The minimum absolute atomic E-state index is 0.0409. The van der Waals surface area contributed by atoms with Crippen LogP contribution in [0.25, 0.3) is 0 Å². The van der Waals surface area contributed by atoms with Crippen LogP contribution in [0.3, 0.4) is 0 Å². The van der Waals surface area contributed by atoms with Crippen LogP contribution in [-0.2, 0) is 13.6 Å². The lowest BCUT2D eigenvalue weighted by molar-refractivity contribution is 0.410. The number of methoxy groups -OCH3 is 1. The number of nitrogens with zero attached hydrogens (tertiary/aromatic N) is 1. The van der Waals surface area contributed by atoms with Crippen molar-refractivity contribution < 1.29 is 4.74 Å². The Hall–Kier alpha value is -1.94. The molecule has 0 aliphatic rings. The zero-order chi connectivity index (χ0) is 13.8. The Morgan fingerprint density at radius 2 is 2.11 bits per heavy atom. The second-order valence-electron chi connectivity index (χ2n) is 4.14. The molecule has 0 spiro atoms. The van der Waals surface area contributed by atoms with E-state index < -0.39 is 0 Å². The number of aromatic nitrogens is 1. The molecular weight excluding hydrogens is 264 g/mol. The number of pyridine rings is 1. The van der Waals surface area contributed by atoms with Crippen LogP contribution >= 0.6 is 11.6 Å². The van der Waals surface area contributed by atoms with Gasteiger partial charge in [0.15, 0.2) is 0 Å². The first kappa shape index (κ1) is 13.5. The van der Waals surface area contributed by atoms with E-state index in [1.165, 1.54) is 10.6 Å². The van der Waals surface area contributed by atoms with E-state index in [9.17, 15) is 4.79 Å². The molecule has 100 valence electrons. The van der Waals surface area contributed by atoms with E-state index in [1.807, 2.05) is 18.2 Å².